The molecule has 2 N–H and O–H groups in total. The van der Waals surface area contributed by atoms with Crippen molar-refractivity contribution in [1.82, 2.24) is 29.5 Å². The van der Waals surface area contributed by atoms with E-state index in [4.69, 9.17) is 0 Å². The number of hydrogen-bond acceptors (Lipinski definition) is 6. The Bertz CT molecular complexity index is 1530. The molecule has 0 aliphatic carbocycles. The van der Waals surface area contributed by atoms with E-state index in [1.54, 1.807) is 19.1 Å². The average molecular weight is 501 g/mol. The summed E-state index contributed by atoms with van der Waals surface area (Å²) in [5.74, 6) is -0.787. The van der Waals surface area contributed by atoms with Crippen molar-refractivity contribution in [3.05, 3.63) is 69.8 Å². The first-order valence-corrected chi connectivity index (χ1v) is 11.0. The number of aromatic nitrogens is 6. The molecule has 1 aliphatic rings. The summed E-state index contributed by atoms with van der Waals surface area (Å²) in [5.41, 5.74) is -0.321. The maximum absolute atomic E-state index is 13.3. The van der Waals surface area contributed by atoms with Crippen LogP contribution in [0.2, 0.25) is 0 Å². The molecule has 36 heavy (non-hydrogen) atoms. The highest BCUT2D eigenvalue weighted by Gasteiger charge is 2.46. The minimum Gasteiger partial charge on any atom is -0.309 e. The van der Waals surface area contributed by atoms with Gasteiger partial charge in [0.1, 0.15) is 23.7 Å². The molecule has 0 unspecified atom stereocenters. The molecule has 1 amide bonds. The van der Waals surface area contributed by atoms with Gasteiger partial charge >= 0.3 is 6.18 Å². The molecule has 9 nitrogen and oxygen atoms in total. The van der Waals surface area contributed by atoms with Gasteiger partial charge in [-0.05, 0) is 43.9 Å². The number of hydrogen-bond donors (Lipinski definition) is 2. The first-order valence-electron chi connectivity index (χ1n) is 11.0. The number of benzene rings is 1. The minimum atomic E-state index is -4.30. The standard InChI is InChI=1S/C23H19F4N7O2/c1-22(9-12-4-6-13(24)7-5-12)16-18(33-21(22)36)31-17(32-20(16)35)15-10-34-19(28-11-29-34)14(30-15)3-2-8-23(25,26)27/h4-7,10-11H,2-3,8-9H2,1H3,(H2,31,32,33,35,36)/t22-/m0/s1. The zero-order chi connectivity index (χ0) is 25.7. The van der Waals surface area contributed by atoms with Crippen LogP contribution in [0.4, 0.5) is 23.4 Å². The number of H-pyrrole nitrogens is 1. The SMILES string of the molecule is C[C@@]1(Cc2ccc(F)cc2)C(=O)Nc2nc(-c3cn4ncnc4c(CCCC(F)(F)F)n3)[nH]c(=O)c21. The molecule has 4 heterocycles. The zero-order valence-electron chi connectivity index (χ0n) is 18.9. The molecular weight excluding hydrogens is 482 g/mol. The number of fused-ring (bicyclic) bond motifs is 2. The summed E-state index contributed by atoms with van der Waals surface area (Å²) >= 11 is 0. The number of nitrogens with one attached hydrogen (secondary N) is 2. The molecular formula is C23H19F4N7O2. The Balaban J connectivity index is 1.51. The second-order valence-corrected chi connectivity index (χ2v) is 8.80. The summed E-state index contributed by atoms with van der Waals surface area (Å²) in [6.45, 7) is 1.60. The van der Waals surface area contributed by atoms with Gasteiger partial charge in [0, 0.05) is 6.42 Å². The maximum atomic E-state index is 13.3. The Morgan fingerprint density at radius 2 is 1.86 bits per heavy atom. The fraction of sp³-hybridized carbons (Fsp3) is 0.304. The van der Waals surface area contributed by atoms with Gasteiger partial charge < -0.3 is 10.3 Å². The predicted molar refractivity (Wildman–Crippen MR) is 120 cm³/mol. The van der Waals surface area contributed by atoms with Crippen LogP contribution in [0.25, 0.3) is 17.2 Å². The van der Waals surface area contributed by atoms with E-state index in [2.05, 4.69) is 30.4 Å². The molecule has 0 spiro atoms. The zero-order valence-corrected chi connectivity index (χ0v) is 18.9. The number of anilines is 1. The fourth-order valence-corrected chi connectivity index (χ4v) is 4.36. The number of carbonyl (C=O) groups is 1. The minimum absolute atomic E-state index is 0.0135. The Hall–Kier alpha value is -4.16. The van der Waals surface area contributed by atoms with Crippen LogP contribution in [0, 0.1) is 5.82 Å². The Morgan fingerprint density at radius 3 is 2.58 bits per heavy atom. The van der Waals surface area contributed by atoms with Gasteiger partial charge in [0.25, 0.3) is 5.56 Å². The Kier molecular flexibility index (Phi) is 5.57. The lowest BCUT2D eigenvalue weighted by atomic mass is 9.79. The molecule has 4 aromatic rings. The second kappa shape index (κ2) is 8.50. The van der Waals surface area contributed by atoms with Gasteiger partial charge in [-0.15, -0.1) is 0 Å². The monoisotopic (exact) mass is 501 g/mol. The number of aromatic amines is 1. The molecule has 0 radical (unpaired) electrons. The molecule has 0 saturated heterocycles. The van der Waals surface area contributed by atoms with Crippen LogP contribution in [0.1, 0.15) is 36.6 Å². The summed E-state index contributed by atoms with van der Waals surface area (Å²) in [5, 5.41) is 6.67. The number of amides is 1. The topological polar surface area (TPSA) is 118 Å². The van der Waals surface area contributed by atoms with Gasteiger partial charge in [0.05, 0.1) is 22.9 Å². The van der Waals surface area contributed by atoms with E-state index in [1.807, 2.05) is 0 Å². The number of halogens is 4. The Morgan fingerprint density at radius 1 is 1.11 bits per heavy atom. The number of aryl methyl sites for hydroxylation is 1. The van der Waals surface area contributed by atoms with E-state index in [0.717, 1.165) is 0 Å². The van der Waals surface area contributed by atoms with Gasteiger partial charge in [-0.1, -0.05) is 12.1 Å². The molecule has 0 bridgehead atoms. The number of nitrogens with zero attached hydrogens (tertiary/aromatic N) is 5. The lowest BCUT2D eigenvalue weighted by molar-refractivity contribution is -0.135. The normalized spacial score (nSPS) is 17.4. The van der Waals surface area contributed by atoms with Crippen LogP contribution in [-0.4, -0.2) is 41.6 Å². The average Bonchev–Trinajstić information content (AvgIpc) is 3.37. The fourth-order valence-electron chi connectivity index (χ4n) is 4.36. The van der Waals surface area contributed by atoms with Crippen LogP contribution in [0.3, 0.4) is 0 Å². The summed E-state index contributed by atoms with van der Waals surface area (Å²) in [4.78, 5) is 41.5. The van der Waals surface area contributed by atoms with Crippen LogP contribution in [0.5, 0.6) is 0 Å². The molecule has 186 valence electrons. The van der Waals surface area contributed by atoms with Crippen LogP contribution in [0.15, 0.2) is 41.6 Å². The summed E-state index contributed by atoms with van der Waals surface area (Å²) in [6.07, 6.45) is -2.67. The van der Waals surface area contributed by atoms with Crippen LogP contribution < -0.4 is 10.9 Å². The molecule has 1 aromatic carbocycles. The molecule has 5 rings (SSSR count). The summed E-state index contributed by atoms with van der Waals surface area (Å²) < 4.78 is 52.5. The molecule has 0 fully saturated rings. The van der Waals surface area contributed by atoms with E-state index in [-0.39, 0.29) is 47.9 Å². The largest absolute Gasteiger partial charge is 0.389 e. The first-order chi connectivity index (χ1) is 17.0. The van der Waals surface area contributed by atoms with Gasteiger partial charge in [-0.2, -0.15) is 18.3 Å². The third-order valence-corrected chi connectivity index (χ3v) is 6.12. The molecule has 0 saturated carbocycles. The molecule has 3 aromatic heterocycles. The van der Waals surface area contributed by atoms with E-state index in [1.165, 1.54) is 29.2 Å². The van der Waals surface area contributed by atoms with Crippen molar-refractivity contribution in [3.63, 3.8) is 0 Å². The van der Waals surface area contributed by atoms with Gasteiger partial charge in [0.2, 0.25) is 5.91 Å². The highest BCUT2D eigenvalue weighted by Crippen LogP contribution is 2.37. The predicted octanol–water partition coefficient (Wildman–Crippen LogP) is 3.35. The van der Waals surface area contributed by atoms with E-state index < -0.39 is 35.3 Å². The molecule has 1 atom stereocenters. The van der Waals surface area contributed by atoms with Gasteiger partial charge in [-0.25, -0.2) is 23.9 Å². The smallest absolute Gasteiger partial charge is 0.309 e. The maximum Gasteiger partial charge on any atom is 0.389 e. The van der Waals surface area contributed by atoms with Crippen molar-refractivity contribution in [2.75, 3.05) is 5.32 Å². The van der Waals surface area contributed by atoms with Crippen molar-refractivity contribution < 1.29 is 22.4 Å². The van der Waals surface area contributed by atoms with Crippen molar-refractivity contribution in [1.29, 1.82) is 0 Å². The highest BCUT2D eigenvalue weighted by molar-refractivity contribution is 6.05. The van der Waals surface area contributed by atoms with Crippen LogP contribution >= 0.6 is 0 Å². The third kappa shape index (κ3) is 4.32. The summed E-state index contributed by atoms with van der Waals surface area (Å²) in [7, 11) is 0. The quantitative estimate of drug-likeness (QED) is 0.392. The van der Waals surface area contributed by atoms with Gasteiger partial charge in [-0.3, -0.25) is 9.59 Å². The van der Waals surface area contributed by atoms with E-state index >= 15 is 0 Å². The lowest BCUT2D eigenvalue weighted by Gasteiger charge is -2.21. The summed E-state index contributed by atoms with van der Waals surface area (Å²) in [6, 6.07) is 5.63. The number of alkyl halides is 3. The van der Waals surface area contributed by atoms with E-state index in [9.17, 15) is 27.2 Å². The third-order valence-electron chi connectivity index (χ3n) is 6.12. The van der Waals surface area contributed by atoms with E-state index in [0.29, 0.717) is 11.2 Å². The van der Waals surface area contributed by atoms with Crippen LogP contribution in [-0.2, 0) is 23.1 Å². The molecule has 1 aliphatic heterocycles. The lowest BCUT2D eigenvalue weighted by Crippen LogP contribution is -2.37. The molecule has 13 heteroatoms. The van der Waals surface area contributed by atoms with Crippen molar-refractivity contribution in [2.24, 2.45) is 0 Å². The van der Waals surface area contributed by atoms with Crippen molar-refractivity contribution in [2.45, 2.75) is 44.2 Å². The number of rotatable bonds is 6. The second-order valence-electron chi connectivity index (χ2n) is 8.80. The number of carbonyl (C=O) groups excluding carboxylic acids is 1. The first kappa shape index (κ1) is 23.6. The van der Waals surface area contributed by atoms with Gasteiger partial charge in [0.15, 0.2) is 11.5 Å². The van der Waals surface area contributed by atoms with Crippen molar-refractivity contribution in [3.8, 4) is 11.5 Å². The van der Waals surface area contributed by atoms with Crippen molar-refractivity contribution >= 4 is 17.4 Å². The Labute approximate surface area is 200 Å². The highest BCUT2D eigenvalue weighted by atomic mass is 19.4.